The Balaban J connectivity index is 2.67. The average molecular weight is 222 g/mol. The molecule has 0 aliphatic carbocycles. The number of carbonyl (C=O) groups excluding carboxylic acids is 1. The van der Waals surface area contributed by atoms with E-state index in [0.29, 0.717) is 0 Å². The molecular weight excluding hydrogens is 204 g/mol. The summed E-state index contributed by atoms with van der Waals surface area (Å²) in [5, 5.41) is 0. The molecule has 1 aromatic heterocycles. The van der Waals surface area contributed by atoms with Crippen LogP contribution >= 0.6 is 0 Å². The Kier molecular flexibility index (Phi) is 4.92. The second-order valence-corrected chi connectivity index (χ2v) is 3.98. The highest BCUT2D eigenvalue weighted by atomic mass is 16.5. The topological polar surface area (TPSA) is 42.4 Å². The summed E-state index contributed by atoms with van der Waals surface area (Å²) in [5.74, 6) is -0.257. The van der Waals surface area contributed by atoms with Crippen LogP contribution in [0.4, 0.5) is 0 Å². The van der Waals surface area contributed by atoms with Gasteiger partial charge in [-0.1, -0.05) is 6.07 Å². The first-order valence-corrected chi connectivity index (χ1v) is 5.31. The van der Waals surface area contributed by atoms with Crippen molar-refractivity contribution in [2.45, 2.75) is 19.4 Å². The molecule has 1 aromatic rings. The van der Waals surface area contributed by atoms with E-state index in [4.69, 9.17) is 4.74 Å². The van der Waals surface area contributed by atoms with Gasteiger partial charge in [0, 0.05) is 37.8 Å². The molecule has 0 N–H and O–H groups in total. The standard InChI is InChI=1S/C12H18N2O2/c1-10(15)16-12(6-8-14(2)3)11-5-4-7-13-9-11/h4-5,7,9,12H,6,8H2,1-3H3. The zero-order valence-corrected chi connectivity index (χ0v) is 10.0. The summed E-state index contributed by atoms with van der Waals surface area (Å²) in [4.78, 5) is 17.1. The van der Waals surface area contributed by atoms with Crippen LogP contribution in [-0.4, -0.2) is 36.5 Å². The number of aromatic nitrogens is 1. The second kappa shape index (κ2) is 6.23. The largest absolute Gasteiger partial charge is 0.458 e. The SMILES string of the molecule is CC(=O)OC(CCN(C)C)c1cccnc1. The molecule has 0 aromatic carbocycles. The molecule has 1 atom stereocenters. The molecular formula is C12H18N2O2. The molecule has 0 saturated heterocycles. The molecule has 0 fully saturated rings. The minimum absolute atomic E-state index is 0.200. The first-order valence-electron chi connectivity index (χ1n) is 5.31. The molecule has 0 aliphatic rings. The van der Waals surface area contributed by atoms with E-state index < -0.39 is 0 Å². The summed E-state index contributed by atoms with van der Waals surface area (Å²) < 4.78 is 5.28. The highest BCUT2D eigenvalue weighted by molar-refractivity contribution is 5.66. The van der Waals surface area contributed by atoms with Crippen molar-refractivity contribution in [3.63, 3.8) is 0 Å². The number of carbonyl (C=O) groups is 1. The normalized spacial score (nSPS) is 12.5. The molecule has 0 radical (unpaired) electrons. The number of esters is 1. The van der Waals surface area contributed by atoms with Crippen LogP contribution in [0.5, 0.6) is 0 Å². The zero-order chi connectivity index (χ0) is 12.0. The average Bonchev–Trinajstić information content (AvgIpc) is 2.25. The van der Waals surface area contributed by atoms with Gasteiger partial charge in [0.05, 0.1) is 0 Å². The van der Waals surface area contributed by atoms with E-state index in [9.17, 15) is 4.79 Å². The Labute approximate surface area is 96.2 Å². The van der Waals surface area contributed by atoms with Crippen molar-refractivity contribution in [3.05, 3.63) is 30.1 Å². The lowest BCUT2D eigenvalue weighted by Gasteiger charge is -2.19. The van der Waals surface area contributed by atoms with Crippen molar-refractivity contribution < 1.29 is 9.53 Å². The van der Waals surface area contributed by atoms with Crippen molar-refractivity contribution in [3.8, 4) is 0 Å². The van der Waals surface area contributed by atoms with Gasteiger partial charge in [0.1, 0.15) is 6.10 Å². The van der Waals surface area contributed by atoms with Gasteiger partial charge in [-0.05, 0) is 20.2 Å². The number of pyridine rings is 1. The monoisotopic (exact) mass is 222 g/mol. The van der Waals surface area contributed by atoms with Crippen LogP contribution in [0.1, 0.15) is 25.0 Å². The van der Waals surface area contributed by atoms with Gasteiger partial charge in [0.15, 0.2) is 0 Å². The number of ether oxygens (including phenoxy) is 1. The summed E-state index contributed by atoms with van der Waals surface area (Å²) in [6, 6.07) is 3.78. The molecule has 0 spiro atoms. The van der Waals surface area contributed by atoms with E-state index >= 15 is 0 Å². The third-order valence-electron chi connectivity index (χ3n) is 2.20. The number of hydrogen-bond donors (Lipinski definition) is 0. The van der Waals surface area contributed by atoms with Crippen LogP contribution in [-0.2, 0) is 9.53 Å². The van der Waals surface area contributed by atoms with Crippen molar-refractivity contribution in [2.75, 3.05) is 20.6 Å². The number of hydrogen-bond acceptors (Lipinski definition) is 4. The van der Waals surface area contributed by atoms with Gasteiger partial charge in [-0.3, -0.25) is 9.78 Å². The fraction of sp³-hybridized carbons (Fsp3) is 0.500. The van der Waals surface area contributed by atoms with Crippen LogP contribution in [0.3, 0.4) is 0 Å². The summed E-state index contributed by atoms with van der Waals surface area (Å²) in [6.45, 7) is 2.30. The lowest BCUT2D eigenvalue weighted by Crippen LogP contribution is -2.18. The summed E-state index contributed by atoms with van der Waals surface area (Å²) in [5.41, 5.74) is 0.944. The van der Waals surface area contributed by atoms with E-state index in [1.807, 2.05) is 26.2 Å². The maximum absolute atomic E-state index is 11.0. The van der Waals surface area contributed by atoms with Gasteiger partial charge in [0.2, 0.25) is 0 Å². The Morgan fingerprint density at radius 1 is 1.56 bits per heavy atom. The van der Waals surface area contributed by atoms with Gasteiger partial charge in [-0.15, -0.1) is 0 Å². The Bertz CT molecular complexity index is 325. The molecule has 0 bridgehead atoms. The van der Waals surface area contributed by atoms with Gasteiger partial charge < -0.3 is 9.64 Å². The van der Waals surface area contributed by atoms with Crippen molar-refractivity contribution in [1.29, 1.82) is 0 Å². The molecule has 0 amide bonds. The minimum Gasteiger partial charge on any atom is -0.458 e. The predicted molar refractivity (Wildman–Crippen MR) is 61.9 cm³/mol. The third kappa shape index (κ3) is 4.40. The van der Waals surface area contributed by atoms with Crippen LogP contribution in [0.15, 0.2) is 24.5 Å². The van der Waals surface area contributed by atoms with Crippen LogP contribution in [0.2, 0.25) is 0 Å². The number of nitrogens with zero attached hydrogens (tertiary/aromatic N) is 2. The summed E-state index contributed by atoms with van der Waals surface area (Å²) in [6.07, 6.45) is 4.02. The quantitative estimate of drug-likeness (QED) is 0.710. The maximum Gasteiger partial charge on any atom is 0.303 e. The van der Waals surface area contributed by atoms with Gasteiger partial charge >= 0.3 is 5.97 Å². The highest BCUT2D eigenvalue weighted by Gasteiger charge is 2.14. The number of rotatable bonds is 5. The Morgan fingerprint density at radius 3 is 2.81 bits per heavy atom. The van der Waals surface area contributed by atoms with Crippen LogP contribution in [0, 0.1) is 0 Å². The molecule has 1 rings (SSSR count). The molecule has 16 heavy (non-hydrogen) atoms. The smallest absolute Gasteiger partial charge is 0.303 e. The zero-order valence-electron chi connectivity index (χ0n) is 10.0. The van der Waals surface area contributed by atoms with E-state index in [0.717, 1.165) is 18.5 Å². The van der Waals surface area contributed by atoms with E-state index in [-0.39, 0.29) is 12.1 Å². The van der Waals surface area contributed by atoms with Crippen molar-refractivity contribution in [1.82, 2.24) is 9.88 Å². The van der Waals surface area contributed by atoms with Gasteiger partial charge in [0.25, 0.3) is 0 Å². The molecule has 4 heteroatoms. The minimum atomic E-state index is -0.257. The Morgan fingerprint density at radius 2 is 2.31 bits per heavy atom. The Hall–Kier alpha value is -1.42. The molecule has 1 unspecified atom stereocenters. The molecule has 88 valence electrons. The first kappa shape index (κ1) is 12.6. The first-order chi connectivity index (χ1) is 7.59. The fourth-order valence-electron chi connectivity index (χ4n) is 1.44. The molecule has 4 nitrogen and oxygen atoms in total. The van der Waals surface area contributed by atoms with Gasteiger partial charge in [-0.2, -0.15) is 0 Å². The third-order valence-corrected chi connectivity index (χ3v) is 2.20. The highest BCUT2D eigenvalue weighted by Crippen LogP contribution is 2.20. The molecule has 1 heterocycles. The van der Waals surface area contributed by atoms with E-state index in [1.165, 1.54) is 6.92 Å². The predicted octanol–water partition coefficient (Wildman–Crippen LogP) is 1.64. The van der Waals surface area contributed by atoms with Crippen LogP contribution in [0.25, 0.3) is 0 Å². The van der Waals surface area contributed by atoms with Crippen molar-refractivity contribution in [2.24, 2.45) is 0 Å². The van der Waals surface area contributed by atoms with Gasteiger partial charge in [-0.25, -0.2) is 0 Å². The summed E-state index contributed by atoms with van der Waals surface area (Å²) >= 11 is 0. The summed E-state index contributed by atoms with van der Waals surface area (Å²) in [7, 11) is 3.99. The van der Waals surface area contributed by atoms with E-state index in [1.54, 1.807) is 12.4 Å². The van der Waals surface area contributed by atoms with Crippen molar-refractivity contribution >= 4 is 5.97 Å². The van der Waals surface area contributed by atoms with E-state index in [2.05, 4.69) is 9.88 Å². The molecule has 0 saturated carbocycles. The fourth-order valence-corrected chi connectivity index (χ4v) is 1.44. The lowest BCUT2D eigenvalue weighted by molar-refractivity contribution is -0.147. The second-order valence-electron chi connectivity index (χ2n) is 3.98. The molecule has 0 aliphatic heterocycles. The maximum atomic E-state index is 11.0. The van der Waals surface area contributed by atoms with Crippen LogP contribution < -0.4 is 0 Å². The lowest BCUT2D eigenvalue weighted by atomic mass is 10.1.